The maximum atomic E-state index is 14.2. The van der Waals surface area contributed by atoms with E-state index in [1.165, 1.54) is 22.8 Å². The second-order valence-corrected chi connectivity index (χ2v) is 8.55. The summed E-state index contributed by atoms with van der Waals surface area (Å²) in [5.41, 5.74) is -1.97. The zero-order valence-corrected chi connectivity index (χ0v) is 19.9. The van der Waals surface area contributed by atoms with E-state index in [4.69, 9.17) is 21.2 Å². The van der Waals surface area contributed by atoms with E-state index >= 15 is 0 Å². The van der Waals surface area contributed by atoms with E-state index in [-0.39, 0.29) is 30.1 Å². The first-order valence-electron chi connectivity index (χ1n) is 10.8. The second kappa shape index (κ2) is 9.97. The minimum atomic E-state index is -1.08. The summed E-state index contributed by atoms with van der Waals surface area (Å²) in [6.45, 7) is 1.47. The number of nitrogens with one attached hydrogen (secondary N) is 1. The van der Waals surface area contributed by atoms with E-state index in [1.807, 2.05) is 0 Å². The molecule has 2 aliphatic heterocycles. The topological polar surface area (TPSA) is 122 Å². The first-order chi connectivity index (χ1) is 17.1. The van der Waals surface area contributed by atoms with Crippen LogP contribution in [0.2, 0.25) is 5.02 Å². The molecule has 10 nitrogen and oxygen atoms in total. The molecule has 1 aromatic heterocycles. The molecule has 0 spiro atoms. The molecule has 2 aliphatic rings. The average molecular weight is 523 g/mol. The van der Waals surface area contributed by atoms with Gasteiger partial charge in [0.1, 0.15) is 28.5 Å². The predicted molar refractivity (Wildman–Crippen MR) is 124 cm³/mol. The van der Waals surface area contributed by atoms with E-state index in [9.17, 15) is 28.3 Å². The van der Waals surface area contributed by atoms with Crippen LogP contribution in [0.4, 0.5) is 8.78 Å². The van der Waals surface area contributed by atoms with Crippen molar-refractivity contribution in [3.8, 4) is 5.75 Å². The van der Waals surface area contributed by atoms with Gasteiger partial charge in [0.15, 0.2) is 11.4 Å². The second-order valence-electron chi connectivity index (χ2n) is 8.17. The van der Waals surface area contributed by atoms with Gasteiger partial charge >= 0.3 is 0 Å². The summed E-state index contributed by atoms with van der Waals surface area (Å²) >= 11 is 5.57. The van der Waals surface area contributed by atoms with Gasteiger partial charge in [0.2, 0.25) is 11.3 Å². The van der Waals surface area contributed by atoms with Gasteiger partial charge in [0.05, 0.1) is 19.2 Å². The molecule has 36 heavy (non-hydrogen) atoms. The van der Waals surface area contributed by atoms with Crippen LogP contribution in [-0.4, -0.2) is 52.0 Å². The third kappa shape index (κ3) is 4.51. The van der Waals surface area contributed by atoms with Gasteiger partial charge in [-0.1, -0.05) is 17.7 Å². The van der Waals surface area contributed by atoms with Crippen molar-refractivity contribution in [1.29, 1.82) is 0 Å². The smallest absolute Gasteiger partial charge is 0.275 e. The van der Waals surface area contributed by atoms with Crippen LogP contribution in [0.3, 0.4) is 0 Å². The zero-order valence-electron chi connectivity index (χ0n) is 19.1. The van der Waals surface area contributed by atoms with Gasteiger partial charge in [-0.3, -0.25) is 14.4 Å². The zero-order chi connectivity index (χ0) is 26.1. The molecule has 3 heterocycles. The Balaban J connectivity index is 1.72. The van der Waals surface area contributed by atoms with Crippen molar-refractivity contribution >= 4 is 29.3 Å². The largest absolute Gasteiger partial charge is 0.503 e. The van der Waals surface area contributed by atoms with Crippen LogP contribution in [0.15, 0.2) is 40.6 Å². The number of ether oxygens (including phenoxy) is 1. The fourth-order valence-corrected chi connectivity index (χ4v) is 4.19. The monoisotopic (exact) mass is 522 g/mol. The van der Waals surface area contributed by atoms with Crippen molar-refractivity contribution in [2.45, 2.75) is 32.0 Å². The van der Waals surface area contributed by atoms with Crippen LogP contribution < -0.4 is 10.7 Å². The van der Waals surface area contributed by atoms with Crippen LogP contribution in [0.25, 0.3) is 0 Å². The quantitative estimate of drug-likeness (QED) is 0.598. The predicted octanol–water partition coefficient (Wildman–Crippen LogP) is 2.69. The van der Waals surface area contributed by atoms with Gasteiger partial charge in [0, 0.05) is 31.3 Å². The highest BCUT2D eigenvalue weighted by Crippen LogP contribution is 2.31. The molecule has 13 heteroatoms. The van der Waals surface area contributed by atoms with Crippen molar-refractivity contribution in [3.05, 3.63) is 74.4 Å². The number of aromatic nitrogens is 1. The molecular weight excluding hydrogens is 502 g/mol. The van der Waals surface area contributed by atoms with E-state index in [0.717, 1.165) is 18.3 Å². The highest BCUT2D eigenvalue weighted by Gasteiger charge is 2.38. The number of aromatic hydroxyl groups is 1. The molecule has 4 rings (SSSR count). The Bertz CT molecular complexity index is 1360. The molecule has 0 radical (unpaired) electrons. The summed E-state index contributed by atoms with van der Waals surface area (Å²) in [6.07, 6.45) is 4.13. The van der Waals surface area contributed by atoms with Gasteiger partial charge in [0.25, 0.3) is 11.8 Å². The number of rotatable bonds is 3. The Hall–Kier alpha value is -3.93. The molecule has 1 aromatic carbocycles. The molecule has 190 valence electrons. The maximum absolute atomic E-state index is 14.2. The fourth-order valence-electron chi connectivity index (χ4n) is 4.00. The number of amides is 2. The lowest BCUT2D eigenvalue weighted by Crippen LogP contribution is -2.49. The van der Waals surface area contributed by atoms with E-state index in [2.05, 4.69) is 10.5 Å². The molecule has 2 amide bonds. The van der Waals surface area contributed by atoms with E-state index in [0.29, 0.717) is 0 Å². The Morgan fingerprint density at radius 2 is 2.11 bits per heavy atom. The van der Waals surface area contributed by atoms with Crippen LogP contribution >= 0.6 is 11.6 Å². The van der Waals surface area contributed by atoms with E-state index < -0.39 is 63.8 Å². The number of nitrogens with zero attached hydrogens (tertiary/aromatic N) is 3. The number of methoxy groups -OCH3 is 1. The minimum absolute atomic E-state index is 0.108. The van der Waals surface area contributed by atoms with Crippen LogP contribution in [0.5, 0.6) is 5.75 Å². The van der Waals surface area contributed by atoms with Gasteiger partial charge < -0.3 is 29.5 Å². The number of pyridine rings is 1. The van der Waals surface area contributed by atoms with Gasteiger partial charge in [-0.05, 0) is 24.2 Å². The van der Waals surface area contributed by atoms with Crippen molar-refractivity contribution in [2.75, 3.05) is 13.7 Å². The maximum Gasteiger partial charge on any atom is 0.275 e. The molecule has 0 fully saturated rings. The molecule has 2 bridgehead atoms. The number of carbonyl (C=O) groups is 2. The number of halogens is 3. The molecule has 2 aromatic rings. The number of hydrogen-bond acceptors (Lipinski definition) is 7. The van der Waals surface area contributed by atoms with Crippen LogP contribution in [0, 0.1) is 11.6 Å². The normalized spacial score (nSPS) is 21.5. The Morgan fingerprint density at radius 3 is 2.83 bits per heavy atom. The molecule has 2 atom stereocenters. The number of hydrogen-bond donors (Lipinski definition) is 2. The third-order valence-electron chi connectivity index (χ3n) is 5.98. The summed E-state index contributed by atoms with van der Waals surface area (Å²) in [6, 6.07) is 1.01. The molecule has 0 saturated carbocycles. The van der Waals surface area contributed by atoms with Gasteiger partial charge in [-0.15, -0.1) is 0 Å². The number of carbonyl (C=O) groups excluding carboxylic acids is 2. The average Bonchev–Trinajstić information content (AvgIpc) is 2.86. The molecule has 0 saturated heterocycles. The Kier molecular flexibility index (Phi) is 6.97. The fraction of sp³-hybridized carbons (Fsp3) is 0.304. The number of oxime groups is 1. The summed E-state index contributed by atoms with van der Waals surface area (Å²) in [5.74, 6) is -4.30. The summed E-state index contributed by atoms with van der Waals surface area (Å²) in [5, 5.41) is 16.2. The van der Waals surface area contributed by atoms with Crippen LogP contribution in [0.1, 0.15) is 45.8 Å². The Morgan fingerprint density at radius 1 is 1.36 bits per heavy atom. The summed E-state index contributed by atoms with van der Waals surface area (Å²) < 4.78 is 34.2. The lowest BCUT2D eigenvalue weighted by atomic mass is 10.0. The summed E-state index contributed by atoms with van der Waals surface area (Å²) in [4.78, 5) is 45.5. The van der Waals surface area contributed by atoms with E-state index in [1.54, 1.807) is 13.0 Å². The van der Waals surface area contributed by atoms with Crippen LogP contribution in [-0.2, 0) is 16.1 Å². The molecular formula is C23H21ClF2N4O6. The van der Waals surface area contributed by atoms with Crippen molar-refractivity contribution < 1.29 is 33.1 Å². The van der Waals surface area contributed by atoms with Crippen molar-refractivity contribution in [1.82, 2.24) is 14.8 Å². The lowest BCUT2D eigenvalue weighted by molar-refractivity contribution is 0.0612. The highest BCUT2D eigenvalue weighted by molar-refractivity contribution is 6.30. The molecule has 2 N–H and O–H groups in total. The SMILES string of the molecule is CO/C1=N/O/C=C\[C@H](C)N2C[C@H](C1)n1cc(C(=O)NCc3ccc(F)c(Cl)c3F)c(=O)c(O)c1C2=O. The van der Waals surface area contributed by atoms with Gasteiger partial charge in [-0.25, -0.2) is 8.78 Å². The van der Waals surface area contributed by atoms with Gasteiger partial charge in [-0.2, -0.15) is 0 Å². The molecule has 0 aliphatic carbocycles. The first-order valence-corrected chi connectivity index (χ1v) is 11.1. The Labute approximate surface area is 208 Å². The standard InChI is InChI=1S/C23H21ClF2N4O6/c1-11-5-6-36-28-16(35-2)7-13-9-29(11)23(34)19-21(32)20(31)14(10-30(13)19)22(33)27-8-12-3-4-15(25)17(24)18(12)26/h3-6,10-11,13,32H,7-9H2,1-2H3,(H,27,33)/b6-5-,28-16+/t11-,13-/m0/s1. The molecule has 0 unspecified atom stereocenters. The highest BCUT2D eigenvalue weighted by atomic mass is 35.5. The van der Waals surface area contributed by atoms with Crippen molar-refractivity contribution in [2.24, 2.45) is 5.16 Å². The number of fused-ring (bicyclic) bond motifs is 4. The number of benzene rings is 1. The third-order valence-corrected chi connectivity index (χ3v) is 6.33. The lowest BCUT2D eigenvalue weighted by Gasteiger charge is -2.38. The minimum Gasteiger partial charge on any atom is -0.503 e. The van der Waals surface area contributed by atoms with Crippen molar-refractivity contribution in [3.63, 3.8) is 0 Å². The summed E-state index contributed by atoms with van der Waals surface area (Å²) in [7, 11) is 1.38. The first kappa shape index (κ1) is 25.2.